The van der Waals surface area contributed by atoms with E-state index in [0.717, 1.165) is 31.4 Å². The Bertz CT molecular complexity index is 289. The lowest BCUT2D eigenvalue weighted by Gasteiger charge is -2.04. The van der Waals surface area contributed by atoms with Gasteiger partial charge in [0, 0.05) is 0 Å². The van der Waals surface area contributed by atoms with Gasteiger partial charge in [-0.15, -0.1) is 0 Å². The van der Waals surface area contributed by atoms with Crippen molar-refractivity contribution in [2.45, 2.75) is 19.3 Å². The zero-order valence-electron chi connectivity index (χ0n) is 8.32. The van der Waals surface area contributed by atoms with Crippen LogP contribution in [0.2, 0.25) is 5.02 Å². The maximum absolute atomic E-state index is 13.0. The molecule has 3 heteroatoms. The summed E-state index contributed by atoms with van der Waals surface area (Å²) < 4.78 is 13.0. The van der Waals surface area contributed by atoms with Crippen molar-refractivity contribution in [3.63, 3.8) is 0 Å². The summed E-state index contributed by atoms with van der Waals surface area (Å²) in [4.78, 5) is 0. The standard InChI is InChI=1S/C11H15ClFN/c1-14-8-3-2-5-9-6-4-7-10(13)11(9)12/h4,6-7,14H,2-3,5,8H2,1H3. The highest BCUT2D eigenvalue weighted by atomic mass is 35.5. The molecule has 0 atom stereocenters. The van der Waals surface area contributed by atoms with Crippen LogP contribution >= 0.6 is 11.6 Å². The molecule has 1 aromatic carbocycles. The van der Waals surface area contributed by atoms with E-state index in [-0.39, 0.29) is 10.8 Å². The van der Waals surface area contributed by atoms with E-state index in [1.165, 1.54) is 6.07 Å². The molecular formula is C11H15ClFN. The Hall–Kier alpha value is -0.600. The van der Waals surface area contributed by atoms with Crippen LogP contribution in [0.4, 0.5) is 4.39 Å². The van der Waals surface area contributed by atoms with Crippen LogP contribution in [-0.2, 0) is 6.42 Å². The first-order valence-electron chi connectivity index (χ1n) is 4.83. The highest BCUT2D eigenvalue weighted by Crippen LogP contribution is 2.21. The smallest absolute Gasteiger partial charge is 0.142 e. The van der Waals surface area contributed by atoms with Gasteiger partial charge < -0.3 is 5.32 Å². The monoisotopic (exact) mass is 215 g/mol. The van der Waals surface area contributed by atoms with Crippen molar-refractivity contribution in [2.75, 3.05) is 13.6 Å². The first-order valence-corrected chi connectivity index (χ1v) is 5.21. The molecule has 0 amide bonds. The quantitative estimate of drug-likeness (QED) is 0.745. The van der Waals surface area contributed by atoms with E-state index in [4.69, 9.17) is 11.6 Å². The lowest BCUT2D eigenvalue weighted by atomic mass is 10.1. The maximum Gasteiger partial charge on any atom is 0.142 e. The summed E-state index contributed by atoms with van der Waals surface area (Å²) in [6.07, 6.45) is 2.96. The molecular weight excluding hydrogens is 201 g/mol. The molecule has 0 saturated carbocycles. The van der Waals surface area contributed by atoms with E-state index in [2.05, 4.69) is 5.32 Å². The van der Waals surface area contributed by atoms with Crippen molar-refractivity contribution in [1.29, 1.82) is 0 Å². The normalized spacial score (nSPS) is 10.5. The summed E-state index contributed by atoms with van der Waals surface area (Å²) in [7, 11) is 1.93. The molecule has 78 valence electrons. The number of nitrogens with one attached hydrogen (secondary N) is 1. The lowest BCUT2D eigenvalue weighted by Crippen LogP contribution is -2.07. The van der Waals surface area contributed by atoms with Gasteiger partial charge in [0.2, 0.25) is 0 Å². The zero-order valence-corrected chi connectivity index (χ0v) is 9.07. The van der Waals surface area contributed by atoms with Crippen molar-refractivity contribution in [1.82, 2.24) is 5.32 Å². The SMILES string of the molecule is CNCCCCc1cccc(F)c1Cl. The van der Waals surface area contributed by atoms with Crippen LogP contribution in [0.15, 0.2) is 18.2 Å². The Morgan fingerprint density at radius 1 is 1.36 bits per heavy atom. The third kappa shape index (κ3) is 3.28. The number of halogens is 2. The number of benzene rings is 1. The van der Waals surface area contributed by atoms with E-state index >= 15 is 0 Å². The minimum Gasteiger partial charge on any atom is -0.320 e. The summed E-state index contributed by atoms with van der Waals surface area (Å²) >= 11 is 5.82. The Kier molecular flexibility index (Phi) is 4.91. The van der Waals surface area contributed by atoms with Crippen LogP contribution in [0, 0.1) is 5.82 Å². The second-order valence-corrected chi connectivity index (χ2v) is 3.65. The Labute approximate surface area is 89.3 Å². The number of unbranched alkanes of at least 4 members (excludes halogenated alkanes) is 1. The molecule has 0 bridgehead atoms. The molecule has 0 aromatic heterocycles. The topological polar surface area (TPSA) is 12.0 Å². The molecule has 1 rings (SSSR count). The van der Waals surface area contributed by atoms with E-state index in [1.807, 2.05) is 13.1 Å². The van der Waals surface area contributed by atoms with Crippen molar-refractivity contribution in [3.05, 3.63) is 34.6 Å². The largest absolute Gasteiger partial charge is 0.320 e. The number of rotatable bonds is 5. The van der Waals surface area contributed by atoms with Crippen LogP contribution in [0.1, 0.15) is 18.4 Å². The van der Waals surface area contributed by atoms with Crippen molar-refractivity contribution < 1.29 is 4.39 Å². The predicted molar refractivity (Wildman–Crippen MR) is 58.3 cm³/mol. The van der Waals surface area contributed by atoms with E-state index in [9.17, 15) is 4.39 Å². The van der Waals surface area contributed by atoms with Gasteiger partial charge in [-0.2, -0.15) is 0 Å². The molecule has 1 nitrogen and oxygen atoms in total. The minimum atomic E-state index is -0.321. The Morgan fingerprint density at radius 3 is 2.86 bits per heavy atom. The number of hydrogen-bond acceptors (Lipinski definition) is 1. The number of aryl methyl sites for hydroxylation is 1. The molecule has 0 aliphatic heterocycles. The average Bonchev–Trinajstić information content (AvgIpc) is 2.19. The highest BCUT2D eigenvalue weighted by molar-refractivity contribution is 6.31. The van der Waals surface area contributed by atoms with Gasteiger partial charge in [0.05, 0.1) is 5.02 Å². The van der Waals surface area contributed by atoms with Crippen molar-refractivity contribution >= 4 is 11.6 Å². The fourth-order valence-corrected chi connectivity index (χ4v) is 1.58. The Morgan fingerprint density at radius 2 is 2.14 bits per heavy atom. The summed E-state index contributed by atoms with van der Waals surface area (Å²) in [5, 5.41) is 3.35. The Balaban J connectivity index is 2.46. The fourth-order valence-electron chi connectivity index (χ4n) is 1.36. The maximum atomic E-state index is 13.0. The van der Waals surface area contributed by atoms with Crippen LogP contribution in [0.3, 0.4) is 0 Å². The molecule has 0 fully saturated rings. The van der Waals surface area contributed by atoms with Gasteiger partial charge in [0.1, 0.15) is 5.82 Å². The van der Waals surface area contributed by atoms with E-state index in [1.54, 1.807) is 6.07 Å². The van der Waals surface area contributed by atoms with Gasteiger partial charge in [-0.05, 0) is 44.5 Å². The molecule has 1 N–H and O–H groups in total. The van der Waals surface area contributed by atoms with Gasteiger partial charge in [-0.1, -0.05) is 23.7 Å². The summed E-state index contributed by atoms with van der Waals surface area (Å²) in [6, 6.07) is 4.97. The van der Waals surface area contributed by atoms with Crippen LogP contribution in [-0.4, -0.2) is 13.6 Å². The van der Waals surface area contributed by atoms with Crippen molar-refractivity contribution in [3.8, 4) is 0 Å². The molecule has 0 aliphatic carbocycles. The fraction of sp³-hybridized carbons (Fsp3) is 0.455. The molecule has 1 aromatic rings. The second kappa shape index (κ2) is 5.99. The van der Waals surface area contributed by atoms with Gasteiger partial charge in [-0.3, -0.25) is 0 Å². The zero-order chi connectivity index (χ0) is 10.4. The third-order valence-corrected chi connectivity index (χ3v) is 2.58. The summed E-state index contributed by atoms with van der Waals surface area (Å²) in [5.74, 6) is -0.321. The molecule has 0 spiro atoms. The summed E-state index contributed by atoms with van der Waals surface area (Å²) in [5.41, 5.74) is 0.905. The van der Waals surface area contributed by atoms with Gasteiger partial charge in [0.15, 0.2) is 0 Å². The second-order valence-electron chi connectivity index (χ2n) is 3.27. The van der Waals surface area contributed by atoms with Crippen LogP contribution in [0.25, 0.3) is 0 Å². The minimum absolute atomic E-state index is 0.275. The summed E-state index contributed by atoms with van der Waals surface area (Å²) in [6.45, 7) is 0.993. The van der Waals surface area contributed by atoms with Crippen LogP contribution < -0.4 is 5.32 Å². The third-order valence-electron chi connectivity index (χ3n) is 2.15. The average molecular weight is 216 g/mol. The van der Waals surface area contributed by atoms with E-state index < -0.39 is 0 Å². The van der Waals surface area contributed by atoms with Gasteiger partial charge in [0.25, 0.3) is 0 Å². The number of hydrogen-bond donors (Lipinski definition) is 1. The van der Waals surface area contributed by atoms with Gasteiger partial charge in [-0.25, -0.2) is 4.39 Å². The lowest BCUT2D eigenvalue weighted by molar-refractivity contribution is 0.622. The van der Waals surface area contributed by atoms with Crippen molar-refractivity contribution in [2.24, 2.45) is 0 Å². The highest BCUT2D eigenvalue weighted by Gasteiger charge is 2.04. The van der Waals surface area contributed by atoms with E-state index in [0.29, 0.717) is 0 Å². The first kappa shape index (κ1) is 11.5. The first-order chi connectivity index (χ1) is 6.75. The molecule has 0 heterocycles. The molecule has 0 unspecified atom stereocenters. The van der Waals surface area contributed by atoms with Gasteiger partial charge >= 0.3 is 0 Å². The molecule has 0 saturated heterocycles. The predicted octanol–water partition coefficient (Wildman–Crippen LogP) is 3.02. The van der Waals surface area contributed by atoms with Crippen LogP contribution in [0.5, 0.6) is 0 Å². The molecule has 14 heavy (non-hydrogen) atoms. The molecule has 0 radical (unpaired) electrons. The molecule has 0 aliphatic rings.